The summed E-state index contributed by atoms with van der Waals surface area (Å²) in [5.41, 5.74) is 3.09. The molecule has 166 valence electrons. The molecule has 0 saturated carbocycles. The van der Waals surface area contributed by atoms with E-state index in [2.05, 4.69) is 34.6 Å². The second kappa shape index (κ2) is 13.1. The quantitative estimate of drug-likeness (QED) is 0.295. The van der Waals surface area contributed by atoms with Gasteiger partial charge in [-0.2, -0.15) is 0 Å². The monoisotopic (exact) mass is 529 g/mol. The normalized spacial score (nSPS) is 10.9. The first kappa shape index (κ1) is 25.7. The molecule has 8 nitrogen and oxygen atoms in total. The minimum Gasteiger partial charge on any atom is -0.484 e. The highest BCUT2D eigenvalue weighted by Crippen LogP contribution is 2.16. The lowest BCUT2D eigenvalue weighted by Crippen LogP contribution is -2.36. The number of aryl methyl sites for hydroxylation is 2. The summed E-state index contributed by atoms with van der Waals surface area (Å²) in [6.07, 6.45) is 1.63. The molecule has 0 atom stereocenters. The molecule has 9 heteroatoms. The Labute approximate surface area is 195 Å². The first-order chi connectivity index (χ1) is 14.0. The minimum absolute atomic E-state index is 0. The van der Waals surface area contributed by atoms with E-state index in [-0.39, 0.29) is 36.5 Å². The Morgan fingerprint density at radius 3 is 2.57 bits per heavy atom. The van der Waals surface area contributed by atoms with Crippen molar-refractivity contribution in [3.63, 3.8) is 0 Å². The Kier molecular flexibility index (Phi) is 11.2. The van der Waals surface area contributed by atoms with Crippen molar-refractivity contribution in [3.8, 4) is 5.75 Å². The highest BCUT2D eigenvalue weighted by atomic mass is 127. The Hall–Kier alpha value is -2.30. The Morgan fingerprint density at radius 1 is 1.20 bits per heavy atom. The van der Waals surface area contributed by atoms with Crippen LogP contribution in [-0.2, 0) is 30.7 Å². The van der Waals surface area contributed by atoms with E-state index >= 15 is 0 Å². The molecule has 0 bridgehead atoms. The molecule has 0 aliphatic carbocycles. The number of carbonyl (C=O) groups excluding carboxylic acids is 1. The van der Waals surface area contributed by atoms with Crippen molar-refractivity contribution in [1.82, 2.24) is 20.7 Å². The maximum absolute atomic E-state index is 11.7. The molecule has 1 heterocycles. The molecule has 2 rings (SSSR count). The van der Waals surface area contributed by atoms with Crippen LogP contribution in [0.25, 0.3) is 0 Å². The number of nitrogens with one attached hydrogen (secondary N) is 2. The average molecular weight is 529 g/mol. The number of carbonyl (C=O) groups is 1. The van der Waals surface area contributed by atoms with Gasteiger partial charge in [0.2, 0.25) is 0 Å². The molecule has 0 aliphatic heterocycles. The van der Waals surface area contributed by atoms with E-state index in [0.717, 1.165) is 35.4 Å². The fourth-order valence-electron chi connectivity index (χ4n) is 2.74. The van der Waals surface area contributed by atoms with Crippen molar-refractivity contribution >= 4 is 35.8 Å². The van der Waals surface area contributed by atoms with Crippen molar-refractivity contribution in [2.45, 2.75) is 39.8 Å². The summed E-state index contributed by atoms with van der Waals surface area (Å²) in [4.78, 5) is 17.5. The zero-order valence-electron chi connectivity index (χ0n) is 18.3. The van der Waals surface area contributed by atoms with E-state index in [1.54, 1.807) is 21.1 Å². The van der Waals surface area contributed by atoms with Gasteiger partial charge in [-0.1, -0.05) is 31.1 Å². The molecule has 0 radical (unpaired) electrons. The van der Waals surface area contributed by atoms with Crippen LogP contribution in [0.1, 0.15) is 36.4 Å². The van der Waals surface area contributed by atoms with Crippen molar-refractivity contribution in [2.24, 2.45) is 4.99 Å². The molecule has 2 N–H and O–H groups in total. The molecular formula is C21H32IN5O3. The van der Waals surface area contributed by atoms with Crippen LogP contribution in [0.4, 0.5) is 0 Å². The second-order valence-corrected chi connectivity index (χ2v) is 6.74. The number of halogens is 1. The average Bonchev–Trinajstić information content (AvgIpc) is 3.14. The SMILES string of the molecule is CCc1noc(CC)c1CNC(=NC)NCc1cccc(OCC(=O)N(C)C)c1.I. The van der Waals surface area contributed by atoms with Crippen molar-refractivity contribution in [1.29, 1.82) is 0 Å². The maximum atomic E-state index is 11.7. The van der Waals surface area contributed by atoms with Gasteiger partial charge in [0.25, 0.3) is 5.91 Å². The van der Waals surface area contributed by atoms with Crippen molar-refractivity contribution in [3.05, 3.63) is 46.8 Å². The molecule has 2 aromatic rings. The van der Waals surface area contributed by atoms with Gasteiger partial charge in [-0.25, -0.2) is 0 Å². The van der Waals surface area contributed by atoms with Gasteiger partial charge >= 0.3 is 0 Å². The van der Waals surface area contributed by atoms with Crippen molar-refractivity contribution in [2.75, 3.05) is 27.7 Å². The first-order valence-electron chi connectivity index (χ1n) is 9.81. The van der Waals surface area contributed by atoms with Gasteiger partial charge in [0.05, 0.1) is 5.69 Å². The lowest BCUT2D eigenvalue weighted by molar-refractivity contribution is -0.130. The second-order valence-electron chi connectivity index (χ2n) is 6.74. The number of benzene rings is 1. The van der Waals surface area contributed by atoms with E-state index in [9.17, 15) is 4.79 Å². The van der Waals surface area contributed by atoms with Gasteiger partial charge in [0.1, 0.15) is 11.5 Å². The number of nitrogens with zero attached hydrogens (tertiary/aromatic N) is 3. The third-order valence-corrected chi connectivity index (χ3v) is 4.48. The molecular weight excluding hydrogens is 497 g/mol. The molecule has 0 aliphatic rings. The van der Waals surface area contributed by atoms with Crippen LogP contribution < -0.4 is 15.4 Å². The highest BCUT2D eigenvalue weighted by molar-refractivity contribution is 14.0. The van der Waals surface area contributed by atoms with E-state index < -0.39 is 0 Å². The minimum atomic E-state index is -0.0789. The van der Waals surface area contributed by atoms with Gasteiger partial charge in [-0.05, 0) is 24.1 Å². The molecule has 0 fully saturated rings. The number of likely N-dealkylation sites (N-methyl/N-ethyl adjacent to an activating group) is 1. The summed E-state index contributed by atoms with van der Waals surface area (Å²) in [7, 11) is 5.14. The summed E-state index contributed by atoms with van der Waals surface area (Å²) in [5, 5.41) is 10.7. The summed E-state index contributed by atoms with van der Waals surface area (Å²) in [5.74, 6) is 2.17. The van der Waals surface area contributed by atoms with Gasteiger partial charge in [0.15, 0.2) is 12.6 Å². The molecule has 1 aromatic heterocycles. The third-order valence-electron chi connectivity index (χ3n) is 4.48. The number of guanidine groups is 1. The Morgan fingerprint density at radius 2 is 1.93 bits per heavy atom. The zero-order valence-corrected chi connectivity index (χ0v) is 20.6. The topological polar surface area (TPSA) is 92.0 Å². The summed E-state index contributed by atoms with van der Waals surface area (Å²) in [6.45, 7) is 5.31. The fourth-order valence-corrected chi connectivity index (χ4v) is 2.74. The van der Waals surface area contributed by atoms with Gasteiger partial charge in [0, 0.05) is 46.2 Å². The highest BCUT2D eigenvalue weighted by Gasteiger charge is 2.13. The standard InChI is InChI=1S/C21H31N5O3.HI/c1-6-18-17(19(7-2)29-25-18)13-24-21(22-3)23-12-15-9-8-10-16(11-15)28-14-20(27)26(4)5;/h8-11H,6-7,12-14H2,1-5H3,(H2,22,23,24);1H. The van der Waals surface area contributed by atoms with Crippen LogP contribution in [0, 0.1) is 0 Å². The predicted octanol–water partition coefficient (Wildman–Crippen LogP) is 2.75. The maximum Gasteiger partial charge on any atom is 0.259 e. The van der Waals surface area contributed by atoms with Crippen LogP contribution in [0.3, 0.4) is 0 Å². The molecule has 1 amide bonds. The molecule has 0 saturated heterocycles. The van der Waals surface area contributed by atoms with E-state index in [4.69, 9.17) is 9.26 Å². The van der Waals surface area contributed by atoms with Crippen LogP contribution in [0.15, 0.2) is 33.8 Å². The zero-order chi connectivity index (χ0) is 21.2. The summed E-state index contributed by atoms with van der Waals surface area (Å²) in [6, 6.07) is 7.64. The molecule has 1 aromatic carbocycles. The van der Waals surface area contributed by atoms with Crippen LogP contribution >= 0.6 is 24.0 Å². The number of hydrogen-bond donors (Lipinski definition) is 2. The van der Waals surface area contributed by atoms with Gasteiger partial charge in [-0.3, -0.25) is 9.79 Å². The largest absolute Gasteiger partial charge is 0.484 e. The van der Waals surface area contributed by atoms with Crippen LogP contribution in [-0.4, -0.2) is 49.7 Å². The Balaban J connectivity index is 0.00000450. The smallest absolute Gasteiger partial charge is 0.259 e. The van der Waals surface area contributed by atoms with Crippen molar-refractivity contribution < 1.29 is 14.1 Å². The predicted molar refractivity (Wildman–Crippen MR) is 128 cm³/mol. The number of hydrogen-bond acceptors (Lipinski definition) is 5. The molecule has 0 unspecified atom stereocenters. The number of aromatic nitrogens is 1. The van der Waals surface area contributed by atoms with Gasteiger partial charge in [-0.15, -0.1) is 24.0 Å². The number of aliphatic imine (C=N–C) groups is 1. The van der Waals surface area contributed by atoms with Crippen LogP contribution in [0.5, 0.6) is 5.75 Å². The van der Waals surface area contributed by atoms with E-state index in [1.807, 2.05) is 24.3 Å². The lowest BCUT2D eigenvalue weighted by atomic mass is 10.1. The lowest BCUT2D eigenvalue weighted by Gasteiger charge is -2.14. The molecule has 30 heavy (non-hydrogen) atoms. The summed E-state index contributed by atoms with van der Waals surface area (Å²) < 4.78 is 11.0. The van der Waals surface area contributed by atoms with Gasteiger partial charge < -0.3 is 24.8 Å². The number of rotatable bonds is 9. The summed E-state index contributed by atoms with van der Waals surface area (Å²) >= 11 is 0. The number of amides is 1. The number of ether oxygens (including phenoxy) is 1. The third kappa shape index (κ3) is 7.51. The van der Waals surface area contributed by atoms with E-state index in [0.29, 0.717) is 24.8 Å². The fraction of sp³-hybridized carbons (Fsp3) is 0.476. The Bertz CT molecular complexity index is 814. The van der Waals surface area contributed by atoms with E-state index in [1.165, 1.54) is 4.90 Å². The first-order valence-corrected chi connectivity index (χ1v) is 9.81. The molecule has 0 spiro atoms. The van der Waals surface area contributed by atoms with Crippen LogP contribution in [0.2, 0.25) is 0 Å².